The quantitative estimate of drug-likeness (QED) is 0.768. The number of nitrogen functional groups attached to an aromatic ring is 1. The predicted octanol–water partition coefficient (Wildman–Crippen LogP) is 4.57. The third-order valence-corrected chi connectivity index (χ3v) is 4.42. The van der Waals surface area contributed by atoms with Crippen molar-refractivity contribution in [1.29, 1.82) is 0 Å². The Labute approximate surface area is 141 Å². The number of hydrogen-bond donors (Lipinski definition) is 1. The maximum absolute atomic E-state index is 6.36. The lowest BCUT2D eigenvalue weighted by molar-refractivity contribution is 0.295. The first-order valence-corrected chi connectivity index (χ1v) is 7.32. The van der Waals surface area contributed by atoms with E-state index >= 15 is 0 Å². The molecule has 112 valence electrons. The maximum atomic E-state index is 6.36. The van der Waals surface area contributed by atoms with Crippen molar-refractivity contribution in [3.63, 3.8) is 0 Å². The largest absolute Gasteiger partial charge is 0.398 e. The summed E-state index contributed by atoms with van der Waals surface area (Å²) in [6.07, 6.45) is 0. The minimum Gasteiger partial charge on any atom is -0.398 e. The Balaban J connectivity index is 0.00000161. The van der Waals surface area contributed by atoms with Gasteiger partial charge in [-0.3, -0.25) is 0 Å². The normalized spacial score (nSPS) is 18.0. The number of para-hydroxylation sites is 1. The molecule has 0 bridgehead atoms. The first-order chi connectivity index (χ1) is 9.56. The Hall–Kier alpha value is -0.930. The van der Waals surface area contributed by atoms with Crippen molar-refractivity contribution in [2.45, 2.75) is 12.5 Å². The minimum absolute atomic E-state index is 0. The van der Waals surface area contributed by atoms with Crippen LogP contribution in [0, 0.1) is 0 Å². The van der Waals surface area contributed by atoms with E-state index in [0.717, 1.165) is 34.9 Å². The first-order valence-electron chi connectivity index (χ1n) is 6.57. The summed E-state index contributed by atoms with van der Waals surface area (Å²) in [4.78, 5) is 2.26. The van der Waals surface area contributed by atoms with E-state index in [4.69, 9.17) is 28.9 Å². The SMILES string of the molecule is CN1Cc2c(Cl)cc(Cl)cc2C(c2ccccc2N)C1.Cl. The highest BCUT2D eigenvalue weighted by Crippen LogP contribution is 2.39. The molecule has 0 saturated heterocycles. The third kappa shape index (κ3) is 3.14. The van der Waals surface area contributed by atoms with Gasteiger partial charge >= 0.3 is 0 Å². The van der Waals surface area contributed by atoms with Gasteiger partial charge in [0.2, 0.25) is 0 Å². The zero-order valence-corrected chi connectivity index (χ0v) is 14.0. The molecule has 0 spiro atoms. The highest BCUT2D eigenvalue weighted by molar-refractivity contribution is 6.35. The molecule has 0 amide bonds. The van der Waals surface area contributed by atoms with E-state index in [2.05, 4.69) is 18.0 Å². The summed E-state index contributed by atoms with van der Waals surface area (Å²) in [6, 6.07) is 11.8. The van der Waals surface area contributed by atoms with E-state index in [0.29, 0.717) is 5.02 Å². The van der Waals surface area contributed by atoms with Crippen LogP contribution in [0.25, 0.3) is 0 Å². The van der Waals surface area contributed by atoms with E-state index < -0.39 is 0 Å². The van der Waals surface area contributed by atoms with E-state index in [1.807, 2.05) is 30.3 Å². The zero-order valence-electron chi connectivity index (χ0n) is 11.6. The van der Waals surface area contributed by atoms with Gasteiger partial charge in [-0.25, -0.2) is 0 Å². The second-order valence-corrected chi connectivity index (χ2v) is 6.18. The number of rotatable bonds is 1. The minimum atomic E-state index is 0. The van der Waals surface area contributed by atoms with Crippen molar-refractivity contribution in [2.24, 2.45) is 0 Å². The van der Waals surface area contributed by atoms with Gasteiger partial charge < -0.3 is 10.6 Å². The molecular weight excluding hydrogens is 327 g/mol. The van der Waals surface area contributed by atoms with Gasteiger partial charge in [0.05, 0.1) is 0 Å². The van der Waals surface area contributed by atoms with Gasteiger partial charge in [-0.15, -0.1) is 12.4 Å². The molecule has 2 aromatic rings. The monoisotopic (exact) mass is 342 g/mol. The lowest BCUT2D eigenvalue weighted by atomic mass is 9.84. The van der Waals surface area contributed by atoms with Crippen LogP contribution < -0.4 is 5.73 Å². The number of hydrogen-bond acceptors (Lipinski definition) is 2. The molecule has 0 radical (unpaired) electrons. The molecule has 0 saturated carbocycles. The van der Waals surface area contributed by atoms with Crippen LogP contribution in [0.15, 0.2) is 36.4 Å². The van der Waals surface area contributed by atoms with Crippen LogP contribution in [0.3, 0.4) is 0 Å². The summed E-state index contributed by atoms with van der Waals surface area (Å²) in [5.74, 6) is 0.209. The number of nitrogens with two attached hydrogens (primary N) is 1. The molecule has 21 heavy (non-hydrogen) atoms. The molecule has 2 nitrogen and oxygen atoms in total. The Bertz CT molecular complexity index is 658. The Morgan fingerprint density at radius 2 is 1.86 bits per heavy atom. The maximum Gasteiger partial charge on any atom is 0.0468 e. The van der Waals surface area contributed by atoms with Crippen LogP contribution >= 0.6 is 35.6 Å². The molecule has 0 aliphatic carbocycles. The Kier molecular flexibility index (Phi) is 5.05. The molecule has 5 heteroatoms. The highest BCUT2D eigenvalue weighted by atomic mass is 35.5. The fourth-order valence-corrected chi connectivity index (χ4v) is 3.51. The fraction of sp³-hybridized carbons (Fsp3) is 0.250. The lowest BCUT2D eigenvalue weighted by Gasteiger charge is -2.33. The van der Waals surface area contributed by atoms with E-state index in [1.54, 1.807) is 0 Å². The number of likely N-dealkylation sites (N-methyl/N-ethyl adjacent to an activating group) is 1. The molecule has 2 N–H and O–H groups in total. The number of fused-ring (bicyclic) bond motifs is 1. The fourth-order valence-electron chi connectivity index (χ4n) is 2.94. The summed E-state index contributed by atoms with van der Waals surface area (Å²) in [5.41, 5.74) is 10.4. The number of anilines is 1. The smallest absolute Gasteiger partial charge is 0.0468 e. The van der Waals surface area contributed by atoms with Crippen molar-refractivity contribution >= 4 is 41.3 Å². The van der Waals surface area contributed by atoms with E-state index in [-0.39, 0.29) is 18.3 Å². The van der Waals surface area contributed by atoms with E-state index in [1.165, 1.54) is 5.56 Å². The van der Waals surface area contributed by atoms with E-state index in [9.17, 15) is 0 Å². The van der Waals surface area contributed by atoms with Crippen LogP contribution in [0.2, 0.25) is 10.0 Å². The lowest BCUT2D eigenvalue weighted by Crippen LogP contribution is -2.31. The Morgan fingerprint density at radius 1 is 1.14 bits per heavy atom. The van der Waals surface area contributed by atoms with Gasteiger partial charge in [0.15, 0.2) is 0 Å². The van der Waals surface area contributed by atoms with Crippen molar-refractivity contribution < 1.29 is 0 Å². The first kappa shape index (κ1) is 16.4. The number of benzene rings is 2. The van der Waals surface area contributed by atoms with Crippen LogP contribution in [-0.4, -0.2) is 18.5 Å². The predicted molar refractivity (Wildman–Crippen MR) is 92.7 cm³/mol. The van der Waals surface area contributed by atoms with Crippen LogP contribution in [0.4, 0.5) is 5.69 Å². The van der Waals surface area contributed by atoms with Gasteiger partial charge in [-0.05, 0) is 41.9 Å². The molecule has 0 aromatic heterocycles. The van der Waals surface area contributed by atoms with Gasteiger partial charge in [0, 0.05) is 34.7 Å². The Morgan fingerprint density at radius 3 is 2.57 bits per heavy atom. The molecule has 2 aromatic carbocycles. The van der Waals surface area contributed by atoms with Gasteiger partial charge in [-0.1, -0.05) is 41.4 Å². The van der Waals surface area contributed by atoms with Crippen molar-refractivity contribution in [2.75, 3.05) is 19.3 Å². The van der Waals surface area contributed by atoms with Crippen molar-refractivity contribution in [1.82, 2.24) is 4.90 Å². The second-order valence-electron chi connectivity index (χ2n) is 5.33. The molecule has 1 aliphatic rings. The van der Waals surface area contributed by atoms with Crippen LogP contribution in [0.5, 0.6) is 0 Å². The third-order valence-electron chi connectivity index (χ3n) is 3.86. The van der Waals surface area contributed by atoms with Crippen LogP contribution in [0.1, 0.15) is 22.6 Å². The summed E-state index contributed by atoms with van der Waals surface area (Å²) in [6.45, 7) is 1.76. The second kappa shape index (κ2) is 6.45. The van der Waals surface area contributed by atoms with Gasteiger partial charge in [0.1, 0.15) is 0 Å². The highest BCUT2D eigenvalue weighted by Gasteiger charge is 2.27. The summed E-state index contributed by atoms with van der Waals surface area (Å²) < 4.78 is 0. The molecule has 3 rings (SSSR count). The molecule has 1 atom stereocenters. The van der Waals surface area contributed by atoms with Crippen molar-refractivity contribution in [3.8, 4) is 0 Å². The average molecular weight is 344 g/mol. The topological polar surface area (TPSA) is 29.3 Å². The molecular formula is C16H17Cl3N2. The molecule has 1 unspecified atom stereocenters. The molecule has 1 aliphatic heterocycles. The van der Waals surface area contributed by atoms with Gasteiger partial charge in [0.25, 0.3) is 0 Å². The number of halogens is 3. The van der Waals surface area contributed by atoms with Gasteiger partial charge in [-0.2, -0.15) is 0 Å². The molecule has 0 fully saturated rings. The summed E-state index contributed by atoms with van der Waals surface area (Å²) >= 11 is 12.5. The van der Waals surface area contributed by atoms with Crippen LogP contribution in [-0.2, 0) is 6.54 Å². The van der Waals surface area contributed by atoms with Crippen molar-refractivity contribution in [3.05, 3.63) is 63.1 Å². The average Bonchev–Trinajstić information content (AvgIpc) is 2.40. The zero-order chi connectivity index (χ0) is 14.3. The summed E-state index contributed by atoms with van der Waals surface area (Å²) in [5, 5.41) is 1.41. The number of nitrogens with zero attached hydrogens (tertiary/aromatic N) is 1. The standard InChI is InChI=1S/C16H16Cl2N2.ClH/c1-20-8-13(11-4-2-3-5-16(11)19)12-6-10(17)7-15(18)14(12)9-20;/h2-7,13H,8-9,19H2,1H3;1H. The molecule has 1 heterocycles. The summed E-state index contributed by atoms with van der Waals surface area (Å²) in [7, 11) is 2.10.